The molecular weight excluding hydrogens is 388 g/mol. The Morgan fingerprint density at radius 3 is 2.03 bits per heavy atom. The maximum Gasteiger partial charge on any atom is 0.323 e. The topological polar surface area (TPSA) is 69.6 Å². The van der Waals surface area contributed by atoms with Crippen molar-refractivity contribution in [2.75, 3.05) is 20.6 Å². The van der Waals surface area contributed by atoms with Crippen LogP contribution in [0.3, 0.4) is 0 Å². The van der Waals surface area contributed by atoms with E-state index >= 15 is 0 Å². The molecule has 0 bridgehead atoms. The van der Waals surface area contributed by atoms with Gasteiger partial charge in [-0.25, -0.2) is 0 Å². The van der Waals surface area contributed by atoms with E-state index in [1.54, 1.807) is 25.9 Å². The summed E-state index contributed by atoms with van der Waals surface area (Å²) in [5, 5.41) is 12.3. The van der Waals surface area contributed by atoms with Crippen molar-refractivity contribution in [3.8, 4) is 0 Å². The zero-order valence-electron chi connectivity index (χ0n) is 20.6. The molecule has 0 saturated carbocycles. The lowest BCUT2D eigenvalue weighted by atomic mass is 9.94. The first kappa shape index (κ1) is 29.4. The van der Waals surface area contributed by atoms with E-state index in [1.807, 2.05) is 0 Å². The van der Waals surface area contributed by atoms with Crippen LogP contribution in [0.15, 0.2) is 24.3 Å². The number of nitrogens with zero attached hydrogens (tertiary/aromatic N) is 1. The van der Waals surface area contributed by atoms with Crippen molar-refractivity contribution in [3.05, 3.63) is 24.3 Å². The van der Waals surface area contributed by atoms with Gasteiger partial charge in [-0.1, -0.05) is 63.3 Å². The van der Waals surface area contributed by atoms with Crippen molar-refractivity contribution < 1.29 is 14.7 Å². The lowest BCUT2D eigenvalue weighted by Gasteiger charge is -2.32. The molecule has 0 rings (SSSR count). The van der Waals surface area contributed by atoms with Gasteiger partial charge < -0.3 is 10.4 Å². The summed E-state index contributed by atoms with van der Waals surface area (Å²) in [6.45, 7) is 4.49. The Labute approximate surface area is 191 Å². The third-order valence-corrected chi connectivity index (χ3v) is 5.96. The number of hydrogen-bond donors (Lipinski definition) is 2. The number of amides is 1. The van der Waals surface area contributed by atoms with E-state index in [0.717, 1.165) is 25.7 Å². The summed E-state index contributed by atoms with van der Waals surface area (Å²) >= 11 is 0. The number of carboxylic acid groups (broad SMARTS) is 1. The Morgan fingerprint density at radius 2 is 1.45 bits per heavy atom. The number of carbonyl (C=O) groups excluding carboxylic acids is 1. The molecule has 0 spiro atoms. The second kappa shape index (κ2) is 19.1. The molecule has 0 fully saturated rings. The van der Waals surface area contributed by atoms with E-state index in [0.29, 0.717) is 25.8 Å². The molecule has 0 saturated heterocycles. The number of nitrogens with one attached hydrogen (secondary N) is 1. The summed E-state index contributed by atoms with van der Waals surface area (Å²) in [7, 11) is 3.55. The van der Waals surface area contributed by atoms with E-state index in [-0.39, 0.29) is 5.91 Å². The number of allylic oxidation sites excluding steroid dienone is 4. The predicted molar refractivity (Wildman–Crippen MR) is 131 cm³/mol. The van der Waals surface area contributed by atoms with Gasteiger partial charge >= 0.3 is 5.97 Å². The van der Waals surface area contributed by atoms with Crippen LogP contribution in [0.25, 0.3) is 0 Å². The molecule has 1 amide bonds. The first-order valence-electron chi connectivity index (χ1n) is 12.3. The maximum atomic E-state index is 11.9. The van der Waals surface area contributed by atoms with Crippen LogP contribution in [0.2, 0.25) is 0 Å². The predicted octanol–water partition coefficient (Wildman–Crippen LogP) is 6.10. The molecule has 0 aromatic rings. The molecule has 1 unspecified atom stereocenters. The van der Waals surface area contributed by atoms with Gasteiger partial charge in [0.05, 0.1) is 0 Å². The van der Waals surface area contributed by atoms with Crippen LogP contribution >= 0.6 is 0 Å². The number of rotatable bonds is 20. The van der Waals surface area contributed by atoms with E-state index < -0.39 is 11.5 Å². The first-order valence-corrected chi connectivity index (χ1v) is 12.3. The SMILES string of the molecule is CCCCC/C=C\C/C=C\CCCCCCCC(=O)NCCCC(C)(C(=O)O)N(C)C. The average Bonchev–Trinajstić information content (AvgIpc) is 2.73. The molecule has 0 aliphatic heterocycles. The molecule has 180 valence electrons. The third-order valence-electron chi connectivity index (χ3n) is 5.96. The van der Waals surface area contributed by atoms with E-state index in [4.69, 9.17) is 0 Å². The second-order valence-corrected chi connectivity index (χ2v) is 8.91. The zero-order valence-corrected chi connectivity index (χ0v) is 20.6. The summed E-state index contributed by atoms with van der Waals surface area (Å²) in [6.07, 6.45) is 23.8. The van der Waals surface area contributed by atoms with Crippen LogP contribution < -0.4 is 5.32 Å². The quantitative estimate of drug-likeness (QED) is 0.179. The van der Waals surface area contributed by atoms with Gasteiger partial charge in [0.15, 0.2) is 0 Å². The third kappa shape index (κ3) is 15.8. The fraction of sp³-hybridized carbons (Fsp3) is 0.769. The molecule has 31 heavy (non-hydrogen) atoms. The molecule has 1 atom stereocenters. The van der Waals surface area contributed by atoms with Crippen molar-refractivity contribution in [3.63, 3.8) is 0 Å². The van der Waals surface area contributed by atoms with Gasteiger partial charge in [0.1, 0.15) is 5.54 Å². The van der Waals surface area contributed by atoms with Gasteiger partial charge in [-0.2, -0.15) is 0 Å². The monoisotopic (exact) mass is 436 g/mol. The first-order chi connectivity index (χ1) is 14.8. The number of carboxylic acids is 1. The highest BCUT2D eigenvalue weighted by molar-refractivity contribution is 5.78. The van der Waals surface area contributed by atoms with E-state index in [2.05, 4.69) is 36.5 Å². The molecule has 0 radical (unpaired) electrons. The highest BCUT2D eigenvalue weighted by Gasteiger charge is 2.34. The molecule has 0 aliphatic carbocycles. The van der Waals surface area contributed by atoms with Crippen LogP contribution in [0.5, 0.6) is 0 Å². The van der Waals surface area contributed by atoms with Gasteiger partial charge in [0.25, 0.3) is 0 Å². The van der Waals surface area contributed by atoms with Crippen molar-refractivity contribution in [2.24, 2.45) is 0 Å². The number of aliphatic carboxylic acids is 1. The standard InChI is InChI=1S/C26H48N2O3/c1-5-6-7-8-9-10-11-12-13-14-15-16-17-18-19-21-24(29)27-23-20-22-26(2,25(30)31)28(3)4/h9-10,12-13H,5-8,11,14-23H2,1-4H3,(H,27,29)(H,30,31)/b10-9-,13-12-. The fourth-order valence-corrected chi connectivity index (χ4v) is 3.37. The van der Waals surface area contributed by atoms with Gasteiger partial charge in [-0.15, -0.1) is 0 Å². The van der Waals surface area contributed by atoms with Gasteiger partial charge in [0, 0.05) is 13.0 Å². The lowest BCUT2D eigenvalue weighted by molar-refractivity contribution is -0.149. The fourth-order valence-electron chi connectivity index (χ4n) is 3.37. The van der Waals surface area contributed by atoms with Gasteiger partial charge in [-0.05, 0) is 72.4 Å². The van der Waals surface area contributed by atoms with Crippen LogP contribution in [0.4, 0.5) is 0 Å². The Bertz CT molecular complexity index is 529. The molecular formula is C26H48N2O3. The molecule has 5 nitrogen and oxygen atoms in total. The molecule has 0 aliphatic rings. The van der Waals surface area contributed by atoms with Crippen LogP contribution in [-0.2, 0) is 9.59 Å². The van der Waals surface area contributed by atoms with Crippen LogP contribution in [0.1, 0.15) is 104 Å². The molecule has 0 heterocycles. The highest BCUT2D eigenvalue weighted by atomic mass is 16.4. The highest BCUT2D eigenvalue weighted by Crippen LogP contribution is 2.18. The van der Waals surface area contributed by atoms with Crippen LogP contribution in [-0.4, -0.2) is 48.1 Å². The number of unbranched alkanes of at least 4 members (excludes halogenated alkanes) is 8. The Morgan fingerprint density at radius 1 is 0.871 bits per heavy atom. The maximum absolute atomic E-state index is 11.9. The smallest absolute Gasteiger partial charge is 0.323 e. The van der Waals surface area contributed by atoms with Crippen molar-refractivity contribution in [1.29, 1.82) is 0 Å². The summed E-state index contributed by atoms with van der Waals surface area (Å²) in [6, 6.07) is 0. The average molecular weight is 437 g/mol. The lowest BCUT2D eigenvalue weighted by Crippen LogP contribution is -2.48. The van der Waals surface area contributed by atoms with Gasteiger partial charge in [0.2, 0.25) is 5.91 Å². The zero-order chi connectivity index (χ0) is 23.4. The Hall–Kier alpha value is -1.62. The second-order valence-electron chi connectivity index (χ2n) is 8.91. The molecule has 2 N–H and O–H groups in total. The Balaban J connectivity index is 3.56. The van der Waals surface area contributed by atoms with Crippen LogP contribution in [0, 0.1) is 0 Å². The largest absolute Gasteiger partial charge is 0.480 e. The van der Waals surface area contributed by atoms with E-state index in [9.17, 15) is 14.7 Å². The molecule has 5 heteroatoms. The summed E-state index contributed by atoms with van der Waals surface area (Å²) in [4.78, 5) is 25.1. The summed E-state index contributed by atoms with van der Waals surface area (Å²) in [5.74, 6) is -0.749. The summed E-state index contributed by atoms with van der Waals surface area (Å²) < 4.78 is 0. The van der Waals surface area contributed by atoms with Crippen molar-refractivity contribution >= 4 is 11.9 Å². The minimum Gasteiger partial charge on any atom is -0.480 e. The number of hydrogen-bond acceptors (Lipinski definition) is 3. The normalized spacial score (nSPS) is 13.8. The minimum atomic E-state index is -0.884. The van der Waals surface area contributed by atoms with Gasteiger partial charge in [-0.3, -0.25) is 14.5 Å². The number of carbonyl (C=O) groups is 2. The summed E-state index contributed by atoms with van der Waals surface area (Å²) in [5.41, 5.74) is -0.884. The van der Waals surface area contributed by atoms with Crippen molar-refractivity contribution in [1.82, 2.24) is 10.2 Å². The molecule has 0 aromatic heterocycles. The number of likely N-dealkylation sites (N-methyl/N-ethyl adjacent to an activating group) is 1. The Kier molecular flexibility index (Phi) is 18.1. The van der Waals surface area contributed by atoms with E-state index in [1.165, 1.54) is 44.9 Å². The molecule has 0 aromatic carbocycles. The van der Waals surface area contributed by atoms with Crippen molar-refractivity contribution in [2.45, 2.75) is 109 Å². The minimum absolute atomic E-state index is 0.0764.